The zero-order valence-corrected chi connectivity index (χ0v) is 17.1. The normalized spacial score (nSPS) is 11.9. The van der Waals surface area contributed by atoms with E-state index in [2.05, 4.69) is 17.1 Å². The molecule has 0 spiro atoms. The highest BCUT2D eigenvalue weighted by molar-refractivity contribution is 7.21. The van der Waals surface area contributed by atoms with Gasteiger partial charge in [-0.2, -0.15) is 0 Å². The lowest BCUT2D eigenvalue weighted by Crippen LogP contribution is -2.14. The molecule has 4 aromatic rings. The number of aromatic nitrogens is 1. The number of carbonyl (C=O) groups is 2. The highest BCUT2D eigenvalue weighted by Crippen LogP contribution is 2.37. The van der Waals surface area contributed by atoms with Crippen molar-refractivity contribution in [3.05, 3.63) is 81.9 Å². The number of rotatable bonds is 4. The number of esters is 1. The van der Waals surface area contributed by atoms with E-state index in [0.29, 0.717) is 16.1 Å². The number of benzene rings is 2. The summed E-state index contributed by atoms with van der Waals surface area (Å²) in [6.45, 7) is 1.55. The van der Waals surface area contributed by atoms with Crippen LogP contribution in [0.25, 0.3) is 21.3 Å². The minimum atomic E-state index is -0.602. The van der Waals surface area contributed by atoms with E-state index >= 15 is 0 Å². The Balaban J connectivity index is 1.32. The summed E-state index contributed by atoms with van der Waals surface area (Å²) in [5.41, 5.74) is 12.6. The summed E-state index contributed by atoms with van der Waals surface area (Å²) < 4.78 is 5.28. The molecule has 1 aliphatic rings. The van der Waals surface area contributed by atoms with Gasteiger partial charge in [0.15, 0.2) is 12.4 Å². The monoisotopic (exact) mass is 414 g/mol. The molecule has 2 aromatic carbocycles. The highest BCUT2D eigenvalue weighted by atomic mass is 32.1. The average molecular weight is 414 g/mol. The highest BCUT2D eigenvalue weighted by Gasteiger charge is 2.22. The van der Waals surface area contributed by atoms with Crippen LogP contribution in [-0.2, 0) is 11.2 Å². The Morgan fingerprint density at radius 3 is 2.73 bits per heavy atom. The quantitative estimate of drug-likeness (QED) is 0.337. The number of anilines is 1. The average Bonchev–Trinajstić information content (AvgIpc) is 3.28. The Hall–Kier alpha value is -3.51. The molecule has 148 valence electrons. The van der Waals surface area contributed by atoms with Gasteiger partial charge in [-0.05, 0) is 53.8 Å². The summed E-state index contributed by atoms with van der Waals surface area (Å²) in [5, 5.41) is 0.724. The van der Waals surface area contributed by atoms with Crippen LogP contribution >= 0.6 is 11.3 Å². The first kappa shape index (κ1) is 18.5. The van der Waals surface area contributed by atoms with Gasteiger partial charge in [-0.25, -0.2) is 9.78 Å². The maximum absolute atomic E-state index is 12.6. The van der Waals surface area contributed by atoms with Crippen LogP contribution in [-0.4, -0.2) is 23.3 Å². The van der Waals surface area contributed by atoms with Crippen LogP contribution in [0.5, 0.6) is 0 Å². The number of thiophene rings is 1. The molecule has 0 radical (unpaired) electrons. The summed E-state index contributed by atoms with van der Waals surface area (Å²) in [6, 6.07) is 17.6. The lowest BCUT2D eigenvalue weighted by molar-refractivity contribution is 0.0480. The van der Waals surface area contributed by atoms with Crippen LogP contribution in [0.1, 0.15) is 36.9 Å². The van der Waals surface area contributed by atoms with Crippen LogP contribution in [0.3, 0.4) is 0 Å². The molecule has 0 atom stereocenters. The SMILES string of the molecule is Cc1ccc2c(N)c(C(=O)OCC(=O)c3ccc4c(c3)Cc3ccccc3-4)sc2n1. The summed E-state index contributed by atoms with van der Waals surface area (Å²) >= 11 is 1.18. The van der Waals surface area contributed by atoms with E-state index in [4.69, 9.17) is 10.5 Å². The van der Waals surface area contributed by atoms with Gasteiger partial charge in [-0.3, -0.25) is 4.79 Å². The fraction of sp³-hybridized carbons (Fsp3) is 0.125. The first-order chi connectivity index (χ1) is 14.5. The minimum absolute atomic E-state index is 0.240. The van der Waals surface area contributed by atoms with Crippen LogP contribution in [0.2, 0.25) is 0 Å². The van der Waals surface area contributed by atoms with Crippen molar-refractivity contribution in [1.82, 2.24) is 4.98 Å². The number of hydrogen-bond acceptors (Lipinski definition) is 6. The summed E-state index contributed by atoms with van der Waals surface area (Å²) in [4.78, 5) is 30.5. The van der Waals surface area contributed by atoms with Gasteiger partial charge < -0.3 is 10.5 Å². The molecule has 6 heteroatoms. The Labute approximate surface area is 177 Å². The number of hydrogen-bond donors (Lipinski definition) is 1. The zero-order chi connectivity index (χ0) is 20.8. The number of carbonyl (C=O) groups excluding carboxylic acids is 2. The number of nitrogen functional groups attached to an aromatic ring is 1. The Bertz CT molecular complexity index is 1340. The molecule has 2 heterocycles. The fourth-order valence-corrected chi connectivity index (χ4v) is 4.87. The van der Waals surface area contributed by atoms with E-state index in [1.807, 2.05) is 43.3 Å². The van der Waals surface area contributed by atoms with Crippen molar-refractivity contribution in [3.8, 4) is 11.1 Å². The van der Waals surface area contributed by atoms with Crippen LogP contribution in [0, 0.1) is 6.92 Å². The molecule has 0 amide bonds. The Morgan fingerprint density at radius 1 is 1.07 bits per heavy atom. The van der Waals surface area contributed by atoms with Crippen molar-refractivity contribution >= 4 is 39.0 Å². The van der Waals surface area contributed by atoms with Crippen molar-refractivity contribution < 1.29 is 14.3 Å². The van der Waals surface area contributed by atoms with Crippen molar-refractivity contribution in [2.45, 2.75) is 13.3 Å². The molecular formula is C24H18N2O3S. The number of pyridine rings is 1. The molecule has 30 heavy (non-hydrogen) atoms. The molecule has 0 saturated heterocycles. The molecule has 0 aliphatic heterocycles. The predicted molar refractivity (Wildman–Crippen MR) is 118 cm³/mol. The molecule has 0 fully saturated rings. The molecular weight excluding hydrogens is 396 g/mol. The van der Waals surface area contributed by atoms with Gasteiger partial charge in [0.25, 0.3) is 0 Å². The fourth-order valence-electron chi connectivity index (χ4n) is 3.84. The maximum atomic E-state index is 12.6. The van der Waals surface area contributed by atoms with E-state index in [1.54, 1.807) is 6.07 Å². The van der Waals surface area contributed by atoms with E-state index in [-0.39, 0.29) is 17.3 Å². The second-order valence-corrected chi connectivity index (χ2v) is 8.35. The van der Waals surface area contributed by atoms with E-state index < -0.39 is 5.97 Å². The lowest BCUT2D eigenvalue weighted by atomic mass is 10.0. The largest absolute Gasteiger partial charge is 0.453 e. The summed E-state index contributed by atoms with van der Waals surface area (Å²) in [5.74, 6) is -0.842. The van der Waals surface area contributed by atoms with E-state index in [9.17, 15) is 9.59 Å². The standard InChI is InChI=1S/C24H18N2O3S/c1-13-6-8-19-21(25)22(30-23(19)26-13)24(28)29-12-20(27)15-7-9-18-16(11-15)10-14-4-2-3-5-17(14)18/h2-9,11H,10,12,25H2,1H3. The molecule has 2 N–H and O–H groups in total. The number of fused-ring (bicyclic) bond motifs is 4. The second-order valence-electron chi connectivity index (χ2n) is 7.36. The van der Waals surface area contributed by atoms with Gasteiger partial charge in [0.2, 0.25) is 0 Å². The lowest BCUT2D eigenvalue weighted by Gasteiger charge is -2.06. The van der Waals surface area contributed by atoms with Crippen LogP contribution in [0.4, 0.5) is 5.69 Å². The van der Waals surface area contributed by atoms with Gasteiger partial charge in [0.1, 0.15) is 9.71 Å². The van der Waals surface area contributed by atoms with Crippen LogP contribution < -0.4 is 5.73 Å². The summed E-state index contributed by atoms with van der Waals surface area (Å²) in [6.07, 6.45) is 0.803. The topological polar surface area (TPSA) is 82.3 Å². The first-order valence-corrected chi connectivity index (χ1v) is 10.4. The van der Waals surface area contributed by atoms with Gasteiger partial charge in [-0.15, -0.1) is 11.3 Å². The molecule has 5 rings (SSSR count). The third-order valence-electron chi connectivity index (χ3n) is 5.37. The van der Waals surface area contributed by atoms with Gasteiger partial charge in [-0.1, -0.05) is 36.4 Å². The zero-order valence-electron chi connectivity index (χ0n) is 16.3. The Morgan fingerprint density at radius 2 is 1.87 bits per heavy atom. The number of Topliss-reactive ketones (excluding diaryl/α,β-unsaturated/α-hetero) is 1. The molecule has 2 aromatic heterocycles. The predicted octanol–water partition coefficient (Wildman–Crippen LogP) is 4.80. The third-order valence-corrected chi connectivity index (χ3v) is 6.46. The van der Waals surface area contributed by atoms with E-state index in [1.165, 1.54) is 22.5 Å². The number of aryl methyl sites for hydroxylation is 1. The molecule has 1 aliphatic carbocycles. The van der Waals surface area contributed by atoms with Crippen molar-refractivity contribution in [3.63, 3.8) is 0 Å². The van der Waals surface area contributed by atoms with Crippen molar-refractivity contribution in [2.75, 3.05) is 12.3 Å². The molecule has 0 unspecified atom stereocenters. The number of ether oxygens (including phenoxy) is 1. The first-order valence-electron chi connectivity index (χ1n) is 9.58. The maximum Gasteiger partial charge on any atom is 0.350 e. The van der Waals surface area contributed by atoms with Gasteiger partial charge in [0, 0.05) is 16.6 Å². The molecule has 0 bridgehead atoms. The summed E-state index contributed by atoms with van der Waals surface area (Å²) in [7, 11) is 0. The Kier molecular flexibility index (Phi) is 4.37. The van der Waals surface area contributed by atoms with Crippen molar-refractivity contribution in [2.24, 2.45) is 0 Å². The minimum Gasteiger partial charge on any atom is -0.453 e. The number of nitrogens with two attached hydrogens (primary N) is 1. The second kappa shape index (κ2) is 7.07. The van der Waals surface area contributed by atoms with E-state index in [0.717, 1.165) is 28.6 Å². The van der Waals surface area contributed by atoms with Gasteiger partial charge >= 0.3 is 5.97 Å². The molecule has 5 nitrogen and oxygen atoms in total. The smallest absolute Gasteiger partial charge is 0.350 e. The van der Waals surface area contributed by atoms with Gasteiger partial charge in [0.05, 0.1) is 5.69 Å². The molecule has 0 saturated carbocycles. The van der Waals surface area contributed by atoms with Crippen LogP contribution in [0.15, 0.2) is 54.6 Å². The number of nitrogens with zero attached hydrogens (tertiary/aromatic N) is 1. The number of ketones is 1. The third kappa shape index (κ3) is 3.06. The van der Waals surface area contributed by atoms with Crippen molar-refractivity contribution in [1.29, 1.82) is 0 Å².